The van der Waals surface area contributed by atoms with Crippen molar-refractivity contribution in [3.05, 3.63) is 41.7 Å². The fourth-order valence-electron chi connectivity index (χ4n) is 3.49. The Morgan fingerprint density at radius 3 is 3.12 bits per heavy atom. The summed E-state index contributed by atoms with van der Waals surface area (Å²) in [5.41, 5.74) is 2.98. The summed E-state index contributed by atoms with van der Waals surface area (Å²) in [6.07, 6.45) is 3.85. The van der Waals surface area contributed by atoms with Crippen LogP contribution in [0.5, 0.6) is 5.75 Å². The van der Waals surface area contributed by atoms with Gasteiger partial charge in [0, 0.05) is 26.1 Å². The van der Waals surface area contributed by atoms with Crippen LogP contribution in [0.3, 0.4) is 0 Å². The molecule has 0 aliphatic carbocycles. The fraction of sp³-hybridized carbons (Fsp3) is 0.474. The molecule has 7 heteroatoms. The Bertz CT molecular complexity index is 731. The predicted molar refractivity (Wildman–Crippen MR) is 99.3 cm³/mol. The lowest BCUT2D eigenvalue weighted by Crippen LogP contribution is -2.34. The molecule has 1 amide bonds. The third-order valence-electron chi connectivity index (χ3n) is 4.67. The number of aromatic nitrogens is 2. The first kappa shape index (κ1) is 18.4. The third kappa shape index (κ3) is 4.62. The molecule has 1 fully saturated rings. The van der Waals surface area contributed by atoms with Crippen molar-refractivity contribution < 1.29 is 14.3 Å². The second kappa shape index (κ2) is 8.82. The Labute approximate surface area is 153 Å². The first-order valence-electron chi connectivity index (χ1n) is 8.87. The summed E-state index contributed by atoms with van der Waals surface area (Å²) in [6, 6.07) is 8.19. The minimum Gasteiger partial charge on any atom is -0.497 e. The van der Waals surface area contributed by atoms with Crippen LogP contribution in [0, 0.1) is 0 Å². The molecular weight excluding hydrogens is 332 g/mol. The molecule has 0 unspecified atom stereocenters. The Morgan fingerprint density at radius 2 is 2.31 bits per heavy atom. The highest BCUT2D eigenvalue weighted by atomic mass is 16.5. The Hall–Kier alpha value is -2.38. The SMILES string of the molecule is COCC(=O)Nc1cn[nH]c1[C@H]1CCCN(Cc2cccc(OC)c2)C1. The number of anilines is 1. The summed E-state index contributed by atoms with van der Waals surface area (Å²) in [5.74, 6) is 1.03. The first-order chi connectivity index (χ1) is 12.7. The number of hydrogen-bond donors (Lipinski definition) is 2. The van der Waals surface area contributed by atoms with Gasteiger partial charge in [0.15, 0.2) is 0 Å². The van der Waals surface area contributed by atoms with Gasteiger partial charge >= 0.3 is 0 Å². The molecule has 1 aliphatic rings. The van der Waals surface area contributed by atoms with E-state index in [0.29, 0.717) is 5.92 Å². The summed E-state index contributed by atoms with van der Waals surface area (Å²) in [6.45, 7) is 2.91. The fourth-order valence-corrected chi connectivity index (χ4v) is 3.49. The number of benzene rings is 1. The van der Waals surface area contributed by atoms with Crippen molar-refractivity contribution in [3.63, 3.8) is 0 Å². The Kier molecular flexibility index (Phi) is 6.25. The van der Waals surface area contributed by atoms with Gasteiger partial charge in [-0.05, 0) is 37.1 Å². The van der Waals surface area contributed by atoms with E-state index in [1.807, 2.05) is 12.1 Å². The molecular formula is C19H26N4O3. The molecule has 26 heavy (non-hydrogen) atoms. The lowest BCUT2D eigenvalue weighted by atomic mass is 9.93. The average Bonchev–Trinajstić information content (AvgIpc) is 3.10. The summed E-state index contributed by atoms with van der Waals surface area (Å²) < 4.78 is 10.2. The molecule has 0 bridgehead atoms. The minimum absolute atomic E-state index is 0.0389. The van der Waals surface area contributed by atoms with Crippen molar-refractivity contribution in [1.29, 1.82) is 0 Å². The Balaban J connectivity index is 1.65. The summed E-state index contributed by atoms with van der Waals surface area (Å²) in [7, 11) is 3.20. The van der Waals surface area contributed by atoms with E-state index >= 15 is 0 Å². The van der Waals surface area contributed by atoms with Crippen molar-refractivity contribution in [3.8, 4) is 5.75 Å². The van der Waals surface area contributed by atoms with E-state index in [4.69, 9.17) is 9.47 Å². The number of carbonyl (C=O) groups is 1. The molecule has 1 saturated heterocycles. The van der Waals surface area contributed by atoms with Gasteiger partial charge in [-0.3, -0.25) is 14.8 Å². The van der Waals surface area contributed by atoms with Gasteiger partial charge in [-0.2, -0.15) is 5.10 Å². The van der Waals surface area contributed by atoms with E-state index in [2.05, 4.69) is 32.5 Å². The number of amides is 1. The summed E-state index contributed by atoms with van der Waals surface area (Å²) in [4.78, 5) is 14.2. The number of H-pyrrole nitrogens is 1. The molecule has 140 valence electrons. The maximum absolute atomic E-state index is 11.8. The van der Waals surface area contributed by atoms with E-state index in [0.717, 1.165) is 49.6 Å². The molecule has 0 saturated carbocycles. The van der Waals surface area contributed by atoms with Crippen molar-refractivity contribution in [1.82, 2.24) is 15.1 Å². The van der Waals surface area contributed by atoms with E-state index in [-0.39, 0.29) is 12.5 Å². The van der Waals surface area contributed by atoms with Gasteiger partial charge in [0.25, 0.3) is 0 Å². The van der Waals surface area contributed by atoms with Crippen molar-refractivity contribution >= 4 is 11.6 Å². The molecule has 0 radical (unpaired) electrons. The normalized spacial score (nSPS) is 17.8. The van der Waals surface area contributed by atoms with Gasteiger partial charge < -0.3 is 14.8 Å². The zero-order chi connectivity index (χ0) is 18.4. The van der Waals surface area contributed by atoms with Crippen LogP contribution in [0.25, 0.3) is 0 Å². The van der Waals surface area contributed by atoms with Crippen LogP contribution in [0.2, 0.25) is 0 Å². The van der Waals surface area contributed by atoms with Crippen LogP contribution in [0.1, 0.15) is 30.0 Å². The maximum Gasteiger partial charge on any atom is 0.250 e. The van der Waals surface area contributed by atoms with E-state index in [1.165, 1.54) is 12.7 Å². The zero-order valence-corrected chi connectivity index (χ0v) is 15.3. The van der Waals surface area contributed by atoms with Crippen LogP contribution in [0.4, 0.5) is 5.69 Å². The van der Waals surface area contributed by atoms with Crippen LogP contribution in [-0.4, -0.2) is 54.9 Å². The number of hydrogen-bond acceptors (Lipinski definition) is 5. The third-order valence-corrected chi connectivity index (χ3v) is 4.67. The number of carbonyl (C=O) groups excluding carboxylic acids is 1. The summed E-state index contributed by atoms with van der Waals surface area (Å²) in [5, 5.41) is 10.1. The minimum atomic E-state index is -0.167. The molecule has 2 aromatic rings. The van der Waals surface area contributed by atoms with E-state index in [1.54, 1.807) is 13.3 Å². The molecule has 0 spiro atoms. The molecule has 7 nitrogen and oxygen atoms in total. The van der Waals surface area contributed by atoms with Crippen molar-refractivity contribution in [2.24, 2.45) is 0 Å². The lowest BCUT2D eigenvalue weighted by molar-refractivity contribution is -0.119. The zero-order valence-electron chi connectivity index (χ0n) is 15.3. The lowest BCUT2D eigenvalue weighted by Gasteiger charge is -2.32. The van der Waals surface area contributed by atoms with Gasteiger partial charge in [-0.1, -0.05) is 12.1 Å². The smallest absolute Gasteiger partial charge is 0.250 e. The molecule has 1 atom stereocenters. The van der Waals surface area contributed by atoms with E-state index in [9.17, 15) is 4.79 Å². The second-order valence-electron chi connectivity index (χ2n) is 6.60. The van der Waals surface area contributed by atoms with Crippen LogP contribution in [0.15, 0.2) is 30.5 Å². The van der Waals surface area contributed by atoms with Gasteiger partial charge in [-0.15, -0.1) is 0 Å². The van der Waals surface area contributed by atoms with Crippen LogP contribution < -0.4 is 10.1 Å². The van der Waals surface area contributed by atoms with Crippen LogP contribution in [-0.2, 0) is 16.1 Å². The highest BCUT2D eigenvalue weighted by molar-refractivity contribution is 5.92. The van der Waals surface area contributed by atoms with Crippen molar-refractivity contribution in [2.75, 3.05) is 39.2 Å². The molecule has 2 heterocycles. The van der Waals surface area contributed by atoms with E-state index < -0.39 is 0 Å². The highest BCUT2D eigenvalue weighted by Gasteiger charge is 2.25. The molecule has 1 aromatic heterocycles. The average molecular weight is 358 g/mol. The number of methoxy groups -OCH3 is 2. The predicted octanol–water partition coefficient (Wildman–Crippen LogP) is 2.38. The van der Waals surface area contributed by atoms with Gasteiger partial charge in [0.1, 0.15) is 12.4 Å². The number of likely N-dealkylation sites (tertiary alicyclic amines) is 1. The Morgan fingerprint density at radius 1 is 1.42 bits per heavy atom. The molecule has 1 aromatic carbocycles. The van der Waals surface area contributed by atoms with Gasteiger partial charge in [0.05, 0.1) is 24.7 Å². The number of rotatable bonds is 7. The topological polar surface area (TPSA) is 79.5 Å². The molecule has 3 rings (SSSR count). The monoisotopic (exact) mass is 358 g/mol. The van der Waals surface area contributed by atoms with Gasteiger partial charge in [-0.25, -0.2) is 0 Å². The first-order valence-corrected chi connectivity index (χ1v) is 8.87. The highest BCUT2D eigenvalue weighted by Crippen LogP contribution is 2.31. The van der Waals surface area contributed by atoms with Crippen LogP contribution >= 0.6 is 0 Å². The molecule has 2 N–H and O–H groups in total. The number of nitrogens with zero attached hydrogens (tertiary/aromatic N) is 2. The quantitative estimate of drug-likeness (QED) is 0.794. The second-order valence-corrected chi connectivity index (χ2v) is 6.60. The standard InChI is InChI=1S/C19H26N4O3/c1-25-13-18(24)21-17-10-20-22-19(17)15-6-4-8-23(12-15)11-14-5-3-7-16(9-14)26-2/h3,5,7,9-10,15H,4,6,8,11-13H2,1-2H3,(H,20,22)(H,21,24)/t15-/m0/s1. The number of piperidine rings is 1. The number of nitrogens with one attached hydrogen (secondary N) is 2. The van der Waals surface area contributed by atoms with Crippen molar-refractivity contribution in [2.45, 2.75) is 25.3 Å². The number of aromatic amines is 1. The largest absolute Gasteiger partial charge is 0.497 e. The summed E-state index contributed by atoms with van der Waals surface area (Å²) >= 11 is 0. The molecule has 1 aliphatic heterocycles. The maximum atomic E-state index is 11.8. The van der Waals surface area contributed by atoms with Gasteiger partial charge in [0.2, 0.25) is 5.91 Å². The number of ether oxygens (including phenoxy) is 2.